The number of benzene rings is 2. The molecule has 4 rings (SSSR count). The minimum Gasteiger partial charge on any atom is -0.325 e. The molecule has 10 heteroatoms. The maximum absolute atomic E-state index is 12.7. The number of carbonyl (C=O) groups excluding carboxylic acids is 2. The molecule has 1 aromatic heterocycles. The molecule has 31 heavy (non-hydrogen) atoms. The molecule has 0 bridgehead atoms. The van der Waals surface area contributed by atoms with Crippen molar-refractivity contribution in [2.45, 2.75) is 36.9 Å². The fourth-order valence-electron chi connectivity index (χ4n) is 3.50. The lowest BCUT2D eigenvalue weighted by molar-refractivity contribution is -0.113. The van der Waals surface area contributed by atoms with E-state index in [4.69, 9.17) is 11.6 Å². The van der Waals surface area contributed by atoms with Crippen LogP contribution in [-0.2, 0) is 4.79 Å². The average Bonchev–Trinajstić information content (AvgIpc) is 3.46. The molecule has 0 spiro atoms. The molecule has 1 aliphatic rings. The number of hydrogen-bond donors (Lipinski definition) is 2. The topological polar surface area (TPSA) is 102 Å². The van der Waals surface area contributed by atoms with Crippen LogP contribution in [-0.4, -0.2) is 37.8 Å². The van der Waals surface area contributed by atoms with Gasteiger partial charge >= 0.3 is 0 Å². The van der Waals surface area contributed by atoms with E-state index in [2.05, 4.69) is 26.2 Å². The summed E-state index contributed by atoms with van der Waals surface area (Å²) in [5.74, 6) is -0.422. The molecule has 3 aromatic rings. The van der Waals surface area contributed by atoms with Crippen molar-refractivity contribution in [3.8, 4) is 0 Å². The molecular formula is C21H21ClN6O2S. The van der Waals surface area contributed by atoms with E-state index in [9.17, 15) is 9.59 Å². The Morgan fingerprint density at radius 3 is 2.58 bits per heavy atom. The molecule has 0 saturated heterocycles. The van der Waals surface area contributed by atoms with E-state index in [1.165, 1.54) is 24.6 Å². The fraction of sp³-hybridized carbons (Fsp3) is 0.286. The summed E-state index contributed by atoms with van der Waals surface area (Å²) in [6.45, 7) is 0. The van der Waals surface area contributed by atoms with Crippen LogP contribution >= 0.6 is 23.4 Å². The van der Waals surface area contributed by atoms with Gasteiger partial charge in [0, 0.05) is 10.7 Å². The minimum atomic E-state index is -0.323. The number of nitrogens with one attached hydrogen (secondary N) is 2. The summed E-state index contributed by atoms with van der Waals surface area (Å²) in [6, 6.07) is 14.0. The largest absolute Gasteiger partial charge is 0.325 e. The molecule has 1 aliphatic carbocycles. The number of halogens is 1. The van der Waals surface area contributed by atoms with Crippen molar-refractivity contribution < 1.29 is 9.59 Å². The van der Waals surface area contributed by atoms with E-state index >= 15 is 0 Å². The molecule has 2 N–H and O–H groups in total. The van der Waals surface area contributed by atoms with Gasteiger partial charge in [-0.3, -0.25) is 9.59 Å². The van der Waals surface area contributed by atoms with Gasteiger partial charge in [0.1, 0.15) is 0 Å². The highest BCUT2D eigenvalue weighted by atomic mass is 35.5. The summed E-state index contributed by atoms with van der Waals surface area (Å²) in [7, 11) is 0. The number of amides is 2. The number of aromatic nitrogens is 4. The van der Waals surface area contributed by atoms with Crippen molar-refractivity contribution in [2.24, 2.45) is 0 Å². The van der Waals surface area contributed by atoms with Crippen molar-refractivity contribution in [1.29, 1.82) is 0 Å². The van der Waals surface area contributed by atoms with Gasteiger partial charge < -0.3 is 10.6 Å². The molecule has 0 atom stereocenters. The third kappa shape index (κ3) is 5.42. The first kappa shape index (κ1) is 21.3. The van der Waals surface area contributed by atoms with Crippen molar-refractivity contribution in [1.82, 2.24) is 20.2 Å². The lowest BCUT2D eigenvalue weighted by Crippen LogP contribution is -2.19. The molecule has 8 nitrogen and oxygen atoms in total. The number of rotatable bonds is 7. The highest BCUT2D eigenvalue weighted by Crippen LogP contribution is 2.31. The van der Waals surface area contributed by atoms with Crippen molar-refractivity contribution in [3.63, 3.8) is 0 Å². The number of carbonyl (C=O) groups is 2. The second-order valence-corrected chi connectivity index (χ2v) is 8.57. The molecule has 160 valence electrons. The third-order valence-corrected chi connectivity index (χ3v) is 6.20. The van der Waals surface area contributed by atoms with E-state index < -0.39 is 0 Å². The van der Waals surface area contributed by atoms with Crippen molar-refractivity contribution in [3.05, 3.63) is 59.1 Å². The molecule has 0 aliphatic heterocycles. The Bertz CT molecular complexity index is 1070. The van der Waals surface area contributed by atoms with Gasteiger partial charge in [0.05, 0.1) is 23.0 Å². The van der Waals surface area contributed by atoms with Gasteiger partial charge in [0.15, 0.2) is 0 Å². The predicted octanol–water partition coefficient (Wildman–Crippen LogP) is 4.42. The highest BCUT2D eigenvalue weighted by molar-refractivity contribution is 7.99. The number of anilines is 2. The van der Waals surface area contributed by atoms with Crippen LogP contribution in [0.1, 0.15) is 42.1 Å². The van der Waals surface area contributed by atoms with Crippen LogP contribution < -0.4 is 10.6 Å². The van der Waals surface area contributed by atoms with Crippen molar-refractivity contribution >= 4 is 46.6 Å². The highest BCUT2D eigenvalue weighted by Gasteiger charge is 2.22. The summed E-state index contributed by atoms with van der Waals surface area (Å²) in [6.07, 6.45) is 4.45. The van der Waals surface area contributed by atoms with E-state index in [-0.39, 0.29) is 17.6 Å². The summed E-state index contributed by atoms with van der Waals surface area (Å²) in [4.78, 5) is 25.3. The first-order valence-electron chi connectivity index (χ1n) is 9.96. The maximum Gasteiger partial charge on any atom is 0.257 e. The predicted molar refractivity (Wildman–Crippen MR) is 121 cm³/mol. The number of tetrazole rings is 1. The first-order valence-corrected chi connectivity index (χ1v) is 11.3. The zero-order chi connectivity index (χ0) is 21.6. The lowest BCUT2D eigenvalue weighted by atomic mass is 10.1. The van der Waals surface area contributed by atoms with Crippen LogP contribution in [0.4, 0.5) is 11.4 Å². The summed E-state index contributed by atoms with van der Waals surface area (Å²) in [5, 5.41) is 18.7. The number of nitrogens with zero attached hydrogens (tertiary/aromatic N) is 4. The SMILES string of the molecule is O=C(CSc1nnnn1C1CCCC1)Nc1ccccc1C(=O)Nc1ccc(Cl)cc1. The smallest absolute Gasteiger partial charge is 0.257 e. The molecule has 1 saturated carbocycles. The van der Waals surface area contributed by atoms with Gasteiger partial charge in [-0.2, -0.15) is 0 Å². The van der Waals surface area contributed by atoms with Crippen LogP contribution in [0.2, 0.25) is 5.02 Å². The third-order valence-electron chi connectivity index (χ3n) is 5.01. The minimum absolute atomic E-state index is 0.139. The Hall–Kier alpha value is -2.91. The molecule has 2 amide bonds. The Labute approximate surface area is 188 Å². The summed E-state index contributed by atoms with van der Waals surface area (Å²) < 4.78 is 1.82. The normalized spacial score (nSPS) is 13.8. The van der Waals surface area contributed by atoms with E-state index in [1.54, 1.807) is 48.5 Å². The van der Waals surface area contributed by atoms with E-state index in [1.807, 2.05) is 4.68 Å². The second kappa shape index (κ2) is 9.93. The monoisotopic (exact) mass is 456 g/mol. The van der Waals surface area contributed by atoms with E-state index in [0.717, 1.165) is 12.8 Å². The molecule has 2 aromatic carbocycles. The van der Waals surface area contributed by atoms with Gasteiger partial charge in [-0.05, 0) is 59.7 Å². The van der Waals surface area contributed by atoms with Crippen LogP contribution in [0.5, 0.6) is 0 Å². The van der Waals surface area contributed by atoms with Crippen LogP contribution in [0.3, 0.4) is 0 Å². The summed E-state index contributed by atoms with van der Waals surface area (Å²) >= 11 is 7.17. The van der Waals surface area contributed by atoms with Crippen LogP contribution in [0, 0.1) is 0 Å². The van der Waals surface area contributed by atoms with Gasteiger partial charge in [-0.15, -0.1) is 5.10 Å². The molecule has 1 fully saturated rings. The van der Waals surface area contributed by atoms with Crippen molar-refractivity contribution in [2.75, 3.05) is 16.4 Å². The fourth-order valence-corrected chi connectivity index (χ4v) is 4.37. The van der Waals surface area contributed by atoms with Gasteiger partial charge in [-0.1, -0.05) is 48.3 Å². The van der Waals surface area contributed by atoms with Gasteiger partial charge in [0.2, 0.25) is 11.1 Å². The van der Waals surface area contributed by atoms with Gasteiger partial charge in [0.25, 0.3) is 5.91 Å². The zero-order valence-corrected chi connectivity index (χ0v) is 18.2. The quantitative estimate of drug-likeness (QED) is 0.510. The Balaban J connectivity index is 1.38. The van der Waals surface area contributed by atoms with Gasteiger partial charge in [-0.25, -0.2) is 4.68 Å². The molecule has 0 radical (unpaired) electrons. The first-order chi connectivity index (χ1) is 15.1. The summed E-state index contributed by atoms with van der Waals surface area (Å²) in [5.41, 5.74) is 1.42. The maximum atomic E-state index is 12.7. The number of para-hydroxylation sites is 1. The molecule has 0 unspecified atom stereocenters. The van der Waals surface area contributed by atoms with Crippen LogP contribution in [0.25, 0.3) is 0 Å². The second-order valence-electron chi connectivity index (χ2n) is 7.19. The Morgan fingerprint density at radius 2 is 1.81 bits per heavy atom. The zero-order valence-electron chi connectivity index (χ0n) is 16.6. The number of thioether (sulfide) groups is 1. The molecule has 1 heterocycles. The lowest BCUT2D eigenvalue weighted by Gasteiger charge is -2.12. The standard InChI is InChI=1S/C21H21ClN6O2S/c22-14-9-11-15(12-10-14)23-20(30)17-7-3-4-8-18(17)24-19(29)13-31-21-25-26-27-28(21)16-5-1-2-6-16/h3-4,7-12,16H,1-2,5-6,13H2,(H,23,30)(H,24,29). The Kier molecular flexibility index (Phi) is 6.83. The van der Waals surface area contributed by atoms with Crippen LogP contribution in [0.15, 0.2) is 53.7 Å². The molecular weight excluding hydrogens is 436 g/mol. The average molecular weight is 457 g/mol. The number of hydrogen-bond acceptors (Lipinski definition) is 6. The Morgan fingerprint density at radius 1 is 1.06 bits per heavy atom. The van der Waals surface area contributed by atoms with E-state index in [0.29, 0.717) is 33.2 Å².